The molecule has 84 valence electrons. The smallest absolute Gasteiger partial charge is 0.246 e. The molecule has 0 aliphatic carbocycles. The number of carbonyl (C=O) groups is 1. The van der Waals surface area contributed by atoms with E-state index in [0.717, 1.165) is 0 Å². The molecule has 0 fully saturated rings. The highest BCUT2D eigenvalue weighted by atomic mass is 16.5. The minimum absolute atomic E-state index is 0.0962. The van der Waals surface area contributed by atoms with E-state index in [-0.39, 0.29) is 12.5 Å². The highest BCUT2D eigenvalue weighted by Crippen LogP contribution is 1.77. The van der Waals surface area contributed by atoms with Crippen LogP contribution >= 0.6 is 0 Å². The molecule has 5 nitrogen and oxygen atoms in total. The Labute approximate surface area is 84.7 Å². The average molecular weight is 205 g/mol. The predicted octanol–water partition coefficient (Wildman–Crippen LogP) is -0.198. The Morgan fingerprint density at radius 2 is 1.93 bits per heavy atom. The molecule has 14 heavy (non-hydrogen) atoms. The summed E-state index contributed by atoms with van der Waals surface area (Å²) in [5, 5.41) is 2.64. The van der Waals surface area contributed by atoms with Gasteiger partial charge in [0.25, 0.3) is 0 Å². The van der Waals surface area contributed by atoms with Gasteiger partial charge >= 0.3 is 0 Å². The zero-order valence-corrected chi connectivity index (χ0v) is 8.88. The highest BCUT2D eigenvalue weighted by Gasteiger charge is 1.97. The molecule has 1 amide bonds. The average Bonchev–Trinajstić information content (AvgIpc) is 2.17. The van der Waals surface area contributed by atoms with Crippen LogP contribution in [0.1, 0.15) is 6.92 Å². The van der Waals surface area contributed by atoms with Crippen molar-refractivity contribution in [2.45, 2.75) is 6.92 Å². The molecule has 5 heteroatoms. The maximum atomic E-state index is 10.9. The predicted molar refractivity (Wildman–Crippen MR) is 52.2 cm³/mol. The van der Waals surface area contributed by atoms with Crippen molar-refractivity contribution < 1.29 is 19.0 Å². The minimum Gasteiger partial charge on any atom is -0.379 e. The summed E-state index contributed by atoms with van der Waals surface area (Å²) in [7, 11) is 1.48. The second-order valence-corrected chi connectivity index (χ2v) is 2.59. The Morgan fingerprint density at radius 3 is 2.57 bits per heavy atom. The van der Waals surface area contributed by atoms with E-state index in [9.17, 15) is 4.79 Å². The third-order valence-electron chi connectivity index (χ3n) is 1.42. The Kier molecular flexibility index (Phi) is 9.95. The molecular weight excluding hydrogens is 186 g/mol. The van der Waals surface area contributed by atoms with Crippen LogP contribution in [0.2, 0.25) is 0 Å². The van der Waals surface area contributed by atoms with Crippen LogP contribution in [0, 0.1) is 0 Å². The Hall–Kier alpha value is -0.650. The van der Waals surface area contributed by atoms with Gasteiger partial charge in [0.05, 0.1) is 19.8 Å². The van der Waals surface area contributed by atoms with E-state index >= 15 is 0 Å². The molecule has 0 rings (SSSR count). The summed E-state index contributed by atoms with van der Waals surface area (Å²) in [6.07, 6.45) is 0. The highest BCUT2D eigenvalue weighted by molar-refractivity contribution is 5.77. The molecule has 0 saturated carbocycles. The van der Waals surface area contributed by atoms with Gasteiger partial charge < -0.3 is 19.5 Å². The van der Waals surface area contributed by atoms with Gasteiger partial charge in [0.1, 0.15) is 6.61 Å². The first kappa shape index (κ1) is 13.4. The van der Waals surface area contributed by atoms with E-state index in [2.05, 4.69) is 10.1 Å². The normalized spacial score (nSPS) is 10.1. The van der Waals surface area contributed by atoms with Gasteiger partial charge in [-0.15, -0.1) is 0 Å². The van der Waals surface area contributed by atoms with Crippen molar-refractivity contribution in [3.63, 3.8) is 0 Å². The van der Waals surface area contributed by atoms with E-state index in [1.54, 1.807) is 0 Å². The fourth-order valence-electron chi connectivity index (χ4n) is 0.809. The van der Waals surface area contributed by atoms with E-state index in [1.807, 2.05) is 6.92 Å². The summed E-state index contributed by atoms with van der Waals surface area (Å²) in [5.74, 6) is -0.124. The number of ether oxygens (including phenoxy) is 3. The minimum atomic E-state index is -0.124. The van der Waals surface area contributed by atoms with Crippen molar-refractivity contribution in [3.8, 4) is 0 Å². The molecule has 0 radical (unpaired) electrons. The van der Waals surface area contributed by atoms with Gasteiger partial charge in [-0.2, -0.15) is 0 Å². The third-order valence-corrected chi connectivity index (χ3v) is 1.42. The molecule has 0 aliphatic rings. The van der Waals surface area contributed by atoms with Gasteiger partial charge in [-0.25, -0.2) is 0 Å². The fourth-order valence-corrected chi connectivity index (χ4v) is 0.809. The van der Waals surface area contributed by atoms with Gasteiger partial charge in [0.15, 0.2) is 0 Å². The summed E-state index contributed by atoms with van der Waals surface area (Å²) >= 11 is 0. The first-order valence-electron chi connectivity index (χ1n) is 4.72. The van der Waals surface area contributed by atoms with Crippen molar-refractivity contribution in [1.82, 2.24) is 5.32 Å². The number of nitrogens with one attached hydrogen (secondary N) is 1. The van der Waals surface area contributed by atoms with Crippen molar-refractivity contribution in [2.24, 2.45) is 0 Å². The fraction of sp³-hybridized carbons (Fsp3) is 0.889. The van der Waals surface area contributed by atoms with E-state index in [0.29, 0.717) is 33.0 Å². The molecule has 0 atom stereocenters. The number of carbonyl (C=O) groups excluding carboxylic acids is 1. The quantitative estimate of drug-likeness (QED) is 0.530. The number of methoxy groups -OCH3 is 1. The molecule has 0 heterocycles. The number of rotatable bonds is 9. The zero-order valence-electron chi connectivity index (χ0n) is 8.88. The van der Waals surface area contributed by atoms with Gasteiger partial charge in [-0.05, 0) is 6.92 Å². The van der Waals surface area contributed by atoms with Crippen LogP contribution in [0.15, 0.2) is 0 Å². The van der Waals surface area contributed by atoms with E-state index < -0.39 is 0 Å². The standard InChI is InChI=1S/C9H19NO4/c1-3-13-6-7-14-5-4-10-9(11)8-12-2/h3-8H2,1-2H3,(H,10,11). The lowest BCUT2D eigenvalue weighted by atomic mass is 10.6. The molecule has 0 unspecified atom stereocenters. The molecule has 0 aromatic heterocycles. The van der Waals surface area contributed by atoms with Crippen LogP contribution in [0.3, 0.4) is 0 Å². The SMILES string of the molecule is CCOCCOCCNC(=O)COC. The first-order chi connectivity index (χ1) is 6.81. The maximum absolute atomic E-state index is 10.9. The van der Waals surface area contributed by atoms with Crippen molar-refractivity contribution in [2.75, 3.05) is 46.7 Å². The summed E-state index contributed by atoms with van der Waals surface area (Å²) in [4.78, 5) is 10.9. The van der Waals surface area contributed by atoms with Gasteiger partial charge in [0.2, 0.25) is 5.91 Å². The summed E-state index contributed by atoms with van der Waals surface area (Å²) in [6.45, 7) is 4.91. The van der Waals surface area contributed by atoms with E-state index in [4.69, 9.17) is 9.47 Å². The topological polar surface area (TPSA) is 56.8 Å². The second kappa shape index (κ2) is 10.4. The van der Waals surface area contributed by atoms with Crippen LogP contribution in [-0.4, -0.2) is 52.6 Å². The van der Waals surface area contributed by atoms with Crippen molar-refractivity contribution in [3.05, 3.63) is 0 Å². The molecule has 0 saturated heterocycles. The van der Waals surface area contributed by atoms with Crippen LogP contribution in [0.25, 0.3) is 0 Å². The first-order valence-corrected chi connectivity index (χ1v) is 4.72. The van der Waals surface area contributed by atoms with Crippen molar-refractivity contribution >= 4 is 5.91 Å². The van der Waals surface area contributed by atoms with Crippen molar-refractivity contribution in [1.29, 1.82) is 0 Å². The molecule has 1 N–H and O–H groups in total. The lowest BCUT2D eigenvalue weighted by Gasteiger charge is -2.05. The van der Waals surface area contributed by atoms with Crippen LogP contribution in [-0.2, 0) is 19.0 Å². The Balaban J connectivity index is 3.01. The molecule has 0 spiro atoms. The number of hydrogen-bond acceptors (Lipinski definition) is 4. The van der Waals surface area contributed by atoms with Crippen LogP contribution < -0.4 is 5.32 Å². The maximum Gasteiger partial charge on any atom is 0.246 e. The molecule has 0 aliphatic heterocycles. The largest absolute Gasteiger partial charge is 0.379 e. The zero-order chi connectivity index (χ0) is 10.6. The molecule has 0 bridgehead atoms. The Bertz CT molecular complexity index is 141. The molecule has 0 aromatic carbocycles. The summed E-state index contributed by atoms with van der Waals surface area (Å²) < 4.78 is 14.9. The van der Waals surface area contributed by atoms with Gasteiger partial charge in [-0.1, -0.05) is 0 Å². The number of hydrogen-bond donors (Lipinski definition) is 1. The summed E-state index contributed by atoms with van der Waals surface area (Å²) in [5.41, 5.74) is 0. The van der Waals surface area contributed by atoms with Gasteiger partial charge in [0, 0.05) is 20.3 Å². The number of amides is 1. The lowest BCUT2D eigenvalue weighted by molar-refractivity contribution is -0.124. The van der Waals surface area contributed by atoms with E-state index in [1.165, 1.54) is 7.11 Å². The lowest BCUT2D eigenvalue weighted by Crippen LogP contribution is -2.30. The second-order valence-electron chi connectivity index (χ2n) is 2.59. The van der Waals surface area contributed by atoms with Crippen LogP contribution in [0.5, 0.6) is 0 Å². The monoisotopic (exact) mass is 205 g/mol. The third kappa shape index (κ3) is 9.44. The van der Waals surface area contributed by atoms with Gasteiger partial charge in [-0.3, -0.25) is 4.79 Å². The van der Waals surface area contributed by atoms with Crippen LogP contribution in [0.4, 0.5) is 0 Å². The molecular formula is C9H19NO4. The summed E-state index contributed by atoms with van der Waals surface area (Å²) in [6, 6.07) is 0. The molecule has 0 aromatic rings. The Morgan fingerprint density at radius 1 is 1.21 bits per heavy atom.